The van der Waals surface area contributed by atoms with Crippen molar-refractivity contribution >= 4 is 29.0 Å². The van der Waals surface area contributed by atoms with Crippen molar-refractivity contribution in [3.8, 4) is 11.5 Å². The molecule has 6 nitrogen and oxygen atoms in total. The molecule has 1 aromatic heterocycles. The minimum absolute atomic E-state index is 0.199. The minimum Gasteiger partial charge on any atom is -0.497 e. The number of nitrogens with zero attached hydrogens (tertiary/aromatic N) is 1. The molecule has 1 amide bonds. The zero-order valence-corrected chi connectivity index (χ0v) is 16.3. The summed E-state index contributed by atoms with van der Waals surface area (Å²) in [6.45, 7) is 0.419. The van der Waals surface area contributed by atoms with Crippen LogP contribution in [0.15, 0.2) is 60.8 Å². The second-order valence-corrected chi connectivity index (χ2v) is 6.37. The van der Waals surface area contributed by atoms with Gasteiger partial charge in [0, 0.05) is 17.8 Å². The lowest BCUT2D eigenvalue weighted by Gasteiger charge is -2.11. The van der Waals surface area contributed by atoms with Gasteiger partial charge in [0.1, 0.15) is 17.3 Å². The number of carbonyl (C=O) groups is 1. The molecule has 1 heterocycles. The van der Waals surface area contributed by atoms with Gasteiger partial charge in [0.15, 0.2) is 0 Å². The van der Waals surface area contributed by atoms with Crippen molar-refractivity contribution in [1.82, 2.24) is 10.3 Å². The van der Waals surface area contributed by atoms with E-state index in [-0.39, 0.29) is 5.91 Å². The van der Waals surface area contributed by atoms with Crippen molar-refractivity contribution in [2.45, 2.75) is 6.54 Å². The number of rotatable bonds is 7. The molecule has 0 saturated carbocycles. The Balaban J connectivity index is 1.61. The summed E-state index contributed by atoms with van der Waals surface area (Å²) >= 11 is 6.03. The molecule has 0 fully saturated rings. The van der Waals surface area contributed by atoms with Crippen LogP contribution in [0.4, 0.5) is 11.5 Å². The van der Waals surface area contributed by atoms with Crippen LogP contribution in [-0.2, 0) is 6.54 Å². The van der Waals surface area contributed by atoms with Crippen LogP contribution in [0, 0.1) is 0 Å². The van der Waals surface area contributed by atoms with Crippen molar-refractivity contribution in [1.29, 1.82) is 0 Å². The third-order valence-corrected chi connectivity index (χ3v) is 4.30. The van der Waals surface area contributed by atoms with E-state index in [1.807, 2.05) is 24.3 Å². The number of carbonyl (C=O) groups excluding carboxylic acids is 1. The number of pyridine rings is 1. The Bertz CT molecular complexity index is 944. The van der Waals surface area contributed by atoms with Gasteiger partial charge < -0.3 is 20.1 Å². The van der Waals surface area contributed by atoms with Crippen LogP contribution in [0.3, 0.4) is 0 Å². The molecule has 0 aliphatic heterocycles. The van der Waals surface area contributed by atoms with Crippen molar-refractivity contribution < 1.29 is 14.3 Å². The first-order valence-corrected chi connectivity index (χ1v) is 8.94. The summed E-state index contributed by atoms with van der Waals surface area (Å²) in [6.07, 6.45) is 1.52. The van der Waals surface area contributed by atoms with Gasteiger partial charge in [-0.1, -0.05) is 23.7 Å². The Morgan fingerprint density at radius 1 is 1.04 bits per heavy atom. The van der Waals surface area contributed by atoms with Gasteiger partial charge in [0.05, 0.1) is 25.5 Å². The van der Waals surface area contributed by atoms with E-state index in [1.54, 1.807) is 44.6 Å². The monoisotopic (exact) mass is 397 g/mol. The highest BCUT2D eigenvalue weighted by molar-refractivity contribution is 6.31. The van der Waals surface area contributed by atoms with Crippen LogP contribution in [0.25, 0.3) is 0 Å². The molecule has 3 aromatic rings. The molecule has 28 heavy (non-hydrogen) atoms. The lowest BCUT2D eigenvalue weighted by atomic mass is 10.2. The Hall–Kier alpha value is -3.25. The highest BCUT2D eigenvalue weighted by atomic mass is 35.5. The first-order chi connectivity index (χ1) is 13.6. The van der Waals surface area contributed by atoms with E-state index in [0.29, 0.717) is 34.4 Å². The molecule has 0 unspecified atom stereocenters. The second-order valence-electron chi connectivity index (χ2n) is 5.93. The third kappa shape index (κ3) is 4.92. The normalized spacial score (nSPS) is 10.2. The van der Waals surface area contributed by atoms with Gasteiger partial charge in [0.25, 0.3) is 5.91 Å². The average Bonchev–Trinajstić information content (AvgIpc) is 2.73. The zero-order chi connectivity index (χ0) is 19.9. The smallest absolute Gasteiger partial charge is 0.253 e. The van der Waals surface area contributed by atoms with Crippen molar-refractivity contribution in [2.75, 3.05) is 19.5 Å². The molecule has 0 atom stereocenters. The molecule has 0 saturated heterocycles. The molecule has 2 aromatic carbocycles. The Morgan fingerprint density at radius 3 is 2.46 bits per heavy atom. The van der Waals surface area contributed by atoms with E-state index >= 15 is 0 Å². The van der Waals surface area contributed by atoms with E-state index in [0.717, 1.165) is 11.3 Å². The molecular formula is C21H20ClN3O3. The topological polar surface area (TPSA) is 72.5 Å². The fraction of sp³-hybridized carbons (Fsp3) is 0.143. The van der Waals surface area contributed by atoms with Crippen LogP contribution < -0.4 is 20.1 Å². The summed E-state index contributed by atoms with van der Waals surface area (Å²) in [6, 6.07) is 16.2. The van der Waals surface area contributed by atoms with Gasteiger partial charge in [-0.2, -0.15) is 0 Å². The van der Waals surface area contributed by atoms with Gasteiger partial charge in [0.2, 0.25) is 0 Å². The Kier molecular flexibility index (Phi) is 6.34. The first kappa shape index (κ1) is 19.5. The third-order valence-electron chi connectivity index (χ3n) is 4.06. The van der Waals surface area contributed by atoms with Gasteiger partial charge in [-0.3, -0.25) is 4.79 Å². The van der Waals surface area contributed by atoms with Crippen LogP contribution in [0.1, 0.15) is 15.9 Å². The summed E-state index contributed by atoms with van der Waals surface area (Å²) in [5, 5.41) is 6.59. The molecule has 2 N–H and O–H groups in total. The summed E-state index contributed by atoms with van der Waals surface area (Å²) in [7, 11) is 3.20. The molecule has 144 valence electrons. The molecule has 0 spiro atoms. The summed E-state index contributed by atoms with van der Waals surface area (Å²) in [5.41, 5.74) is 2.14. The highest BCUT2D eigenvalue weighted by Gasteiger charge is 2.08. The van der Waals surface area contributed by atoms with E-state index in [4.69, 9.17) is 21.1 Å². The van der Waals surface area contributed by atoms with Crippen LogP contribution >= 0.6 is 11.6 Å². The predicted molar refractivity (Wildman–Crippen MR) is 110 cm³/mol. The molecular weight excluding hydrogens is 378 g/mol. The number of anilines is 2. The maximum absolute atomic E-state index is 12.3. The van der Waals surface area contributed by atoms with E-state index in [2.05, 4.69) is 15.6 Å². The fourth-order valence-corrected chi connectivity index (χ4v) is 2.72. The number of benzene rings is 2. The van der Waals surface area contributed by atoms with Crippen LogP contribution in [0.2, 0.25) is 5.02 Å². The van der Waals surface area contributed by atoms with Gasteiger partial charge in [-0.05, 0) is 48.0 Å². The fourth-order valence-electron chi connectivity index (χ4n) is 2.55. The number of amides is 1. The summed E-state index contributed by atoms with van der Waals surface area (Å²) < 4.78 is 10.4. The number of ether oxygens (including phenoxy) is 2. The van der Waals surface area contributed by atoms with Crippen molar-refractivity contribution in [2.24, 2.45) is 0 Å². The van der Waals surface area contributed by atoms with E-state index in [1.165, 1.54) is 6.20 Å². The maximum atomic E-state index is 12.3. The maximum Gasteiger partial charge on any atom is 0.253 e. The molecule has 7 heteroatoms. The standard InChI is InChI=1S/C21H20ClN3O3/c1-27-17-7-3-14(4-8-17)12-24-21(26)15-5-10-20(23-13-15)25-18-11-16(22)6-9-19(18)28-2/h3-11,13H,12H2,1-2H3,(H,23,25)(H,24,26). The highest BCUT2D eigenvalue weighted by Crippen LogP contribution is 2.29. The van der Waals surface area contributed by atoms with Gasteiger partial charge in [-0.15, -0.1) is 0 Å². The molecule has 0 bridgehead atoms. The van der Waals surface area contributed by atoms with E-state index in [9.17, 15) is 4.79 Å². The first-order valence-electron chi connectivity index (χ1n) is 8.57. The largest absolute Gasteiger partial charge is 0.497 e. The lowest BCUT2D eigenvalue weighted by molar-refractivity contribution is 0.0950. The van der Waals surface area contributed by atoms with Crippen LogP contribution in [-0.4, -0.2) is 25.1 Å². The number of methoxy groups -OCH3 is 2. The average molecular weight is 398 g/mol. The number of halogens is 1. The minimum atomic E-state index is -0.199. The number of aromatic nitrogens is 1. The number of hydrogen-bond donors (Lipinski definition) is 2. The predicted octanol–water partition coefficient (Wildman–Crippen LogP) is 4.43. The van der Waals surface area contributed by atoms with E-state index < -0.39 is 0 Å². The summed E-state index contributed by atoms with van der Waals surface area (Å²) in [4.78, 5) is 16.6. The number of nitrogens with one attached hydrogen (secondary N) is 2. The SMILES string of the molecule is COc1ccc(CNC(=O)c2ccc(Nc3cc(Cl)ccc3OC)nc2)cc1. The van der Waals surface area contributed by atoms with Crippen molar-refractivity contribution in [3.05, 3.63) is 76.9 Å². The summed E-state index contributed by atoms with van der Waals surface area (Å²) in [5.74, 6) is 1.80. The second kappa shape index (κ2) is 9.10. The Labute approximate surface area is 168 Å². The number of hydrogen-bond acceptors (Lipinski definition) is 5. The molecule has 3 rings (SSSR count). The quantitative estimate of drug-likeness (QED) is 0.617. The lowest BCUT2D eigenvalue weighted by Crippen LogP contribution is -2.22. The molecule has 0 radical (unpaired) electrons. The van der Waals surface area contributed by atoms with Crippen LogP contribution in [0.5, 0.6) is 11.5 Å². The van der Waals surface area contributed by atoms with Crippen molar-refractivity contribution in [3.63, 3.8) is 0 Å². The molecule has 0 aliphatic carbocycles. The Morgan fingerprint density at radius 2 is 1.82 bits per heavy atom. The van der Waals surface area contributed by atoms with Gasteiger partial charge >= 0.3 is 0 Å². The van der Waals surface area contributed by atoms with Gasteiger partial charge in [-0.25, -0.2) is 4.98 Å². The molecule has 0 aliphatic rings. The zero-order valence-electron chi connectivity index (χ0n) is 15.5.